The van der Waals surface area contributed by atoms with E-state index in [9.17, 15) is 24.3 Å². The summed E-state index contributed by atoms with van der Waals surface area (Å²) in [5, 5.41) is 12.2. The third-order valence-corrected chi connectivity index (χ3v) is 10.1. The second kappa shape index (κ2) is 14.7. The van der Waals surface area contributed by atoms with E-state index in [1.54, 1.807) is 22.8 Å². The summed E-state index contributed by atoms with van der Waals surface area (Å²) in [6.45, 7) is 8.24. The molecule has 46 heavy (non-hydrogen) atoms. The smallest absolute Gasteiger partial charge is 0.313 e. The normalized spacial score (nSPS) is 30.6. The van der Waals surface area contributed by atoms with Crippen LogP contribution in [0.4, 0.5) is 11.4 Å². The van der Waals surface area contributed by atoms with Crippen molar-refractivity contribution in [3.05, 3.63) is 47.0 Å². The van der Waals surface area contributed by atoms with Crippen molar-refractivity contribution < 1.29 is 33.8 Å². The van der Waals surface area contributed by atoms with Crippen LogP contribution in [-0.4, -0.2) is 96.9 Å². The number of nitrogens with zero attached hydrogens (tertiary/aromatic N) is 3. The van der Waals surface area contributed by atoms with Crippen LogP contribution in [0, 0.1) is 11.8 Å². The zero-order valence-electron chi connectivity index (χ0n) is 26.8. The van der Waals surface area contributed by atoms with Crippen LogP contribution >= 0.6 is 15.9 Å². The van der Waals surface area contributed by atoms with Gasteiger partial charge in [-0.3, -0.25) is 19.2 Å². The molecular formula is C34H45BrN4O7. The first-order chi connectivity index (χ1) is 22.2. The summed E-state index contributed by atoms with van der Waals surface area (Å²) in [6, 6.07) is 6.77. The van der Waals surface area contributed by atoms with E-state index in [1.807, 2.05) is 36.4 Å². The van der Waals surface area contributed by atoms with E-state index in [0.29, 0.717) is 35.9 Å². The van der Waals surface area contributed by atoms with E-state index in [0.717, 1.165) is 18.8 Å². The molecule has 5 bridgehead atoms. The van der Waals surface area contributed by atoms with Crippen LogP contribution in [0.15, 0.2) is 47.0 Å². The highest BCUT2D eigenvalue weighted by atomic mass is 79.9. The molecule has 12 heteroatoms. The molecule has 1 aromatic carbocycles. The van der Waals surface area contributed by atoms with Gasteiger partial charge in [0.2, 0.25) is 11.8 Å². The number of anilines is 2. The molecule has 4 aliphatic rings. The Morgan fingerprint density at radius 2 is 1.78 bits per heavy atom. The summed E-state index contributed by atoms with van der Waals surface area (Å²) in [4.78, 5) is 60.9. The molecule has 0 unspecified atom stereocenters. The number of allylic oxidation sites excluding steroid dienone is 1. The molecule has 4 heterocycles. The minimum absolute atomic E-state index is 0.0412. The number of amides is 3. The number of esters is 1. The summed E-state index contributed by atoms with van der Waals surface area (Å²) in [6.07, 6.45) is 6.72. The number of cyclic esters (lactones) is 1. The van der Waals surface area contributed by atoms with Crippen LogP contribution in [0.2, 0.25) is 0 Å². The molecule has 2 N–H and O–H groups in total. The van der Waals surface area contributed by atoms with Gasteiger partial charge in [0.05, 0.1) is 12.5 Å². The topological polar surface area (TPSA) is 129 Å². The number of unbranched alkanes of at least 4 members (excludes halogenated alkanes) is 2. The molecule has 0 radical (unpaired) electrons. The van der Waals surface area contributed by atoms with Crippen molar-refractivity contribution in [2.24, 2.45) is 11.8 Å². The van der Waals surface area contributed by atoms with Gasteiger partial charge in [0, 0.05) is 55.1 Å². The number of carbonyl (C=O) groups excluding carboxylic acids is 4. The number of hydrogen-bond donors (Lipinski definition) is 2. The van der Waals surface area contributed by atoms with Gasteiger partial charge < -0.3 is 34.6 Å². The average Bonchev–Trinajstić information content (AvgIpc) is 3.63. The fraction of sp³-hybridized carbons (Fsp3) is 0.588. The first-order valence-corrected chi connectivity index (χ1v) is 17.2. The Morgan fingerprint density at radius 3 is 2.48 bits per heavy atom. The third-order valence-electron chi connectivity index (χ3n) is 9.44. The fourth-order valence-electron chi connectivity index (χ4n) is 7.16. The van der Waals surface area contributed by atoms with Crippen LogP contribution < -0.4 is 15.1 Å². The quantitative estimate of drug-likeness (QED) is 0.228. The van der Waals surface area contributed by atoms with Gasteiger partial charge in [-0.2, -0.15) is 0 Å². The molecule has 1 aromatic rings. The fourth-order valence-corrected chi connectivity index (χ4v) is 7.89. The van der Waals surface area contributed by atoms with E-state index in [-0.39, 0.29) is 50.4 Å². The van der Waals surface area contributed by atoms with E-state index in [1.165, 1.54) is 0 Å². The minimum atomic E-state index is -1.37. The van der Waals surface area contributed by atoms with Crippen molar-refractivity contribution in [3.63, 3.8) is 0 Å². The number of aliphatic hydroxyl groups excluding tert-OH is 1. The third kappa shape index (κ3) is 6.48. The van der Waals surface area contributed by atoms with Crippen LogP contribution in [0.25, 0.3) is 0 Å². The van der Waals surface area contributed by atoms with Gasteiger partial charge in [-0.1, -0.05) is 28.1 Å². The van der Waals surface area contributed by atoms with Gasteiger partial charge >= 0.3 is 5.97 Å². The van der Waals surface area contributed by atoms with Gasteiger partial charge in [-0.05, 0) is 76.8 Å². The number of fused-ring (bicyclic) bond motifs is 2. The molecule has 5 rings (SSSR count). The number of carbonyl (C=O) groups is 4. The van der Waals surface area contributed by atoms with Crippen molar-refractivity contribution >= 4 is 51.0 Å². The molecule has 0 aromatic heterocycles. The molecule has 6 atom stereocenters. The van der Waals surface area contributed by atoms with Crippen molar-refractivity contribution in [2.45, 2.75) is 76.7 Å². The lowest BCUT2D eigenvalue weighted by molar-refractivity contribution is -0.158. The Balaban J connectivity index is 1.58. The Kier molecular flexibility index (Phi) is 10.9. The Labute approximate surface area is 279 Å². The van der Waals surface area contributed by atoms with Gasteiger partial charge in [0.15, 0.2) is 0 Å². The largest absolute Gasteiger partial charge is 0.460 e. The first kappa shape index (κ1) is 34.1. The number of aliphatic hydroxyl groups is 1. The maximum Gasteiger partial charge on any atom is 0.313 e. The maximum atomic E-state index is 14.9. The van der Waals surface area contributed by atoms with Crippen molar-refractivity contribution in [1.82, 2.24) is 10.2 Å². The Morgan fingerprint density at radius 1 is 1.04 bits per heavy atom. The van der Waals surface area contributed by atoms with Gasteiger partial charge in [0.25, 0.3) is 5.91 Å². The van der Waals surface area contributed by atoms with E-state index < -0.39 is 41.7 Å². The predicted molar refractivity (Wildman–Crippen MR) is 177 cm³/mol. The summed E-state index contributed by atoms with van der Waals surface area (Å²) in [7, 11) is 0. The first-order valence-electron chi connectivity index (χ1n) is 16.4. The molecule has 250 valence electrons. The van der Waals surface area contributed by atoms with E-state index >= 15 is 0 Å². The van der Waals surface area contributed by atoms with Crippen LogP contribution in [0.1, 0.15) is 52.9 Å². The van der Waals surface area contributed by atoms with Crippen molar-refractivity contribution in [2.75, 3.05) is 49.1 Å². The second-order valence-electron chi connectivity index (χ2n) is 12.3. The molecule has 3 amide bonds. The molecule has 4 aliphatic heterocycles. The molecule has 2 fully saturated rings. The highest BCUT2D eigenvalue weighted by molar-refractivity contribution is 9.11. The SMILES string of the molecule is CCN(CC)c1ccc(N2C/C=C\CCC(=O)NC[C@@H](C)OC(=O)[C@@H]3[C@H]4O[C@@]5(C=C4Br)[C@H](C2=O)N(CCCCCO)C(=O)[C@@H]35)cc1. The summed E-state index contributed by atoms with van der Waals surface area (Å²) in [5.41, 5.74) is 0.329. The number of rotatable bonds is 9. The highest BCUT2D eigenvalue weighted by Gasteiger charge is 2.74. The maximum absolute atomic E-state index is 14.9. The zero-order valence-corrected chi connectivity index (χ0v) is 28.4. The minimum Gasteiger partial charge on any atom is -0.460 e. The van der Waals surface area contributed by atoms with Crippen molar-refractivity contribution in [3.8, 4) is 0 Å². The molecule has 1 spiro atoms. The van der Waals surface area contributed by atoms with Crippen LogP contribution in [-0.2, 0) is 28.7 Å². The molecule has 0 aliphatic carbocycles. The van der Waals surface area contributed by atoms with Gasteiger partial charge in [-0.15, -0.1) is 0 Å². The lowest BCUT2D eigenvalue weighted by atomic mass is 9.74. The number of nitrogens with one attached hydrogen (secondary N) is 1. The number of hydrogen-bond acceptors (Lipinski definition) is 8. The Hall–Kier alpha value is -3.22. The lowest BCUT2D eigenvalue weighted by Gasteiger charge is -2.36. The summed E-state index contributed by atoms with van der Waals surface area (Å²) >= 11 is 3.58. The summed E-state index contributed by atoms with van der Waals surface area (Å²) < 4.78 is 12.9. The second-order valence-corrected chi connectivity index (χ2v) is 13.3. The van der Waals surface area contributed by atoms with Crippen LogP contribution in [0.3, 0.4) is 0 Å². The number of benzene rings is 1. The molecule has 11 nitrogen and oxygen atoms in total. The number of ether oxygens (including phenoxy) is 2. The molecule has 0 saturated carbocycles. The molecular weight excluding hydrogens is 656 g/mol. The molecule has 2 saturated heterocycles. The van der Waals surface area contributed by atoms with Gasteiger partial charge in [-0.25, -0.2) is 0 Å². The highest BCUT2D eigenvalue weighted by Crippen LogP contribution is 2.59. The number of likely N-dealkylation sites (tertiary alicyclic amines) is 1. The number of halogens is 1. The Bertz CT molecular complexity index is 1360. The van der Waals surface area contributed by atoms with Crippen molar-refractivity contribution in [1.29, 1.82) is 0 Å². The van der Waals surface area contributed by atoms with Crippen LogP contribution in [0.5, 0.6) is 0 Å². The zero-order chi connectivity index (χ0) is 33.0. The predicted octanol–water partition coefficient (Wildman–Crippen LogP) is 3.30. The standard InChI is InChI=1S/C34H45BrN4O7/c1-4-37(5-2)23-13-15-24(16-14-23)38-17-9-6-8-12-26(41)36-21-22(3)45-33(44)27-28-31(42)39(18-10-7-11-19-40)30(32(38)43)34(28)20-25(35)29(27)46-34/h6,9,13-16,20,22,27-30,40H,4-5,7-8,10-12,17-19,21H2,1-3H3,(H,36,41)/b9-6-/t22-,27+,28-,29+,30+,34-/m1/s1. The average molecular weight is 702 g/mol. The van der Waals surface area contributed by atoms with E-state index in [4.69, 9.17) is 9.47 Å². The monoisotopic (exact) mass is 700 g/mol. The van der Waals surface area contributed by atoms with Gasteiger partial charge in [0.1, 0.15) is 29.8 Å². The summed E-state index contributed by atoms with van der Waals surface area (Å²) in [5.74, 6) is -3.31. The lowest BCUT2D eigenvalue weighted by Crippen LogP contribution is -2.56. The van der Waals surface area contributed by atoms with E-state index in [2.05, 4.69) is 40.0 Å².